The Morgan fingerprint density at radius 2 is 2.45 bits per heavy atom. The molecule has 0 radical (unpaired) electrons. The Morgan fingerprint density at radius 1 is 1.73 bits per heavy atom. The molecule has 0 spiro atoms. The zero-order chi connectivity index (χ0) is 8.27. The summed E-state index contributed by atoms with van der Waals surface area (Å²) in [4.78, 5) is 4.08. The zero-order valence-corrected chi connectivity index (χ0v) is 7.95. The zero-order valence-electron chi connectivity index (χ0n) is 7.13. The minimum absolute atomic E-state index is 1.10. The molecular formula is C8H14N2S. The summed E-state index contributed by atoms with van der Waals surface area (Å²) in [5.41, 5.74) is 1.23. The molecule has 11 heavy (non-hydrogen) atoms. The van der Waals surface area contributed by atoms with Crippen molar-refractivity contribution in [3.8, 4) is 0 Å². The lowest BCUT2D eigenvalue weighted by molar-refractivity contribution is 0.666. The average Bonchev–Trinajstić information content (AvgIpc) is 2.37. The molecule has 0 aromatic heterocycles. The van der Waals surface area contributed by atoms with Crippen molar-refractivity contribution in [3.63, 3.8) is 0 Å². The molecule has 1 saturated heterocycles. The Hall–Kier alpha value is -0.440. The van der Waals surface area contributed by atoms with Crippen molar-refractivity contribution in [2.45, 2.75) is 19.8 Å². The number of allylic oxidation sites excluding steroid dienone is 1. The highest BCUT2D eigenvalue weighted by molar-refractivity contribution is 8.11. The van der Waals surface area contributed by atoms with Crippen LogP contribution in [-0.2, 0) is 0 Å². The molecule has 1 aliphatic heterocycles. The minimum atomic E-state index is 1.10. The van der Waals surface area contributed by atoms with E-state index in [-0.39, 0.29) is 0 Å². The second kappa shape index (κ2) is 3.81. The third-order valence-corrected chi connectivity index (χ3v) is 2.84. The lowest BCUT2D eigenvalue weighted by atomic mass is 10.3. The highest BCUT2D eigenvalue weighted by Gasteiger charge is 2.15. The van der Waals surface area contributed by atoms with Crippen LogP contribution in [0.4, 0.5) is 0 Å². The molecule has 1 fully saturated rings. The molecule has 3 heteroatoms. The highest BCUT2D eigenvalue weighted by Crippen LogP contribution is 2.27. The van der Waals surface area contributed by atoms with Crippen LogP contribution >= 0.6 is 11.9 Å². The van der Waals surface area contributed by atoms with E-state index >= 15 is 0 Å². The van der Waals surface area contributed by atoms with Gasteiger partial charge in [-0.15, -0.1) is 0 Å². The van der Waals surface area contributed by atoms with Gasteiger partial charge in [0.25, 0.3) is 0 Å². The number of rotatable bonds is 1. The molecule has 0 amide bonds. The molecule has 0 bridgehead atoms. The normalized spacial score (nSPS) is 19.6. The van der Waals surface area contributed by atoms with Crippen molar-refractivity contribution in [2.75, 3.05) is 13.6 Å². The fourth-order valence-electron chi connectivity index (χ4n) is 1.02. The largest absolute Gasteiger partial charge is 0.316 e. The van der Waals surface area contributed by atoms with Crippen LogP contribution < -0.4 is 0 Å². The standard InChI is InChI=1S/C8H14N2S/c1-7-5-4-6-10(7)11-8(2)9-3/h1,4-6H2,2-3H3. The van der Waals surface area contributed by atoms with E-state index in [0.29, 0.717) is 0 Å². The lowest BCUT2D eigenvalue weighted by Gasteiger charge is -2.16. The van der Waals surface area contributed by atoms with Gasteiger partial charge in [0.1, 0.15) is 0 Å². The topological polar surface area (TPSA) is 15.6 Å². The Kier molecular flexibility index (Phi) is 3.00. The Balaban J connectivity index is 2.43. The molecule has 0 N–H and O–H groups in total. The monoisotopic (exact) mass is 170 g/mol. The molecule has 0 aliphatic carbocycles. The predicted octanol–water partition coefficient (Wildman–Crippen LogP) is 2.29. The van der Waals surface area contributed by atoms with E-state index in [2.05, 4.69) is 15.9 Å². The first kappa shape index (κ1) is 8.65. The van der Waals surface area contributed by atoms with Crippen LogP contribution in [0.15, 0.2) is 17.3 Å². The first-order valence-corrected chi connectivity index (χ1v) is 4.58. The van der Waals surface area contributed by atoms with Gasteiger partial charge in [0.05, 0.1) is 5.04 Å². The third kappa shape index (κ3) is 2.26. The number of hydrogen-bond acceptors (Lipinski definition) is 3. The number of hydrogen-bond donors (Lipinski definition) is 0. The summed E-state index contributed by atoms with van der Waals surface area (Å²) in [7, 11) is 1.82. The summed E-state index contributed by atoms with van der Waals surface area (Å²) in [6.45, 7) is 7.12. The van der Waals surface area contributed by atoms with Crippen LogP contribution in [-0.4, -0.2) is 22.9 Å². The second-order valence-electron chi connectivity index (χ2n) is 2.61. The fourth-order valence-corrected chi connectivity index (χ4v) is 1.86. The van der Waals surface area contributed by atoms with Crippen molar-refractivity contribution >= 4 is 17.0 Å². The van der Waals surface area contributed by atoms with Gasteiger partial charge in [0.2, 0.25) is 0 Å². The Morgan fingerprint density at radius 3 is 2.91 bits per heavy atom. The van der Waals surface area contributed by atoms with Crippen LogP contribution in [0.5, 0.6) is 0 Å². The van der Waals surface area contributed by atoms with E-state index in [9.17, 15) is 0 Å². The molecule has 1 aliphatic rings. The van der Waals surface area contributed by atoms with Gasteiger partial charge in [0.15, 0.2) is 0 Å². The highest BCUT2D eigenvalue weighted by atomic mass is 32.2. The first-order valence-electron chi connectivity index (χ1n) is 3.80. The molecule has 0 atom stereocenters. The minimum Gasteiger partial charge on any atom is -0.316 e. The molecule has 0 aromatic rings. The van der Waals surface area contributed by atoms with E-state index in [0.717, 1.165) is 18.0 Å². The van der Waals surface area contributed by atoms with Crippen LogP contribution in [0.1, 0.15) is 19.8 Å². The van der Waals surface area contributed by atoms with E-state index in [1.807, 2.05) is 14.0 Å². The lowest BCUT2D eigenvalue weighted by Crippen LogP contribution is -2.09. The van der Waals surface area contributed by atoms with E-state index in [1.165, 1.54) is 12.1 Å². The van der Waals surface area contributed by atoms with Crippen LogP contribution in [0.2, 0.25) is 0 Å². The maximum atomic E-state index is 4.08. The van der Waals surface area contributed by atoms with Crippen molar-refractivity contribution in [1.29, 1.82) is 0 Å². The first-order chi connectivity index (χ1) is 5.24. The molecule has 0 aromatic carbocycles. The number of aliphatic imine (C=N–C) groups is 1. The van der Waals surface area contributed by atoms with Gasteiger partial charge in [0, 0.05) is 31.2 Å². The van der Waals surface area contributed by atoms with Gasteiger partial charge < -0.3 is 4.31 Å². The van der Waals surface area contributed by atoms with Gasteiger partial charge in [-0.3, -0.25) is 4.99 Å². The molecule has 1 rings (SSSR count). The summed E-state index contributed by atoms with van der Waals surface area (Å²) < 4.78 is 2.22. The molecule has 0 saturated carbocycles. The van der Waals surface area contributed by atoms with E-state index < -0.39 is 0 Å². The SMILES string of the molecule is C=C1CCCN1SC(C)=NC. The van der Waals surface area contributed by atoms with Gasteiger partial charge in [-0.25, -0.2) is 0 Å². The molecule has 2 nitrogen and oxygen atoms in total. The summed E-state index contributed by atoms with van der Waals surface area (Å²) >= 11 is 1.70. The van der Waals surface area contributed by atoms with Crippen LogP contribution in [0.3, 0.4) is 0 Å². The van der Waals surface area contributed by atoms with Crippen LogP contribution in [0.25, 0.3) is 0 Å². The number of nitrogens with zero attached hydrogens (tertiary/aromatic N) is 2. The van der Waals surface area contributed by atoms with Crippen molar-refractivity contribution < 1.29 is 0 Å². The van der Waals surface area contributed by atoms with Gasteiger partial charge in [-0.05, 0) is 19.8 Å². The second-order valence-corrected chi connectivity index (χ2v) is 3.82. The summed E-state index contributed by atoms with van der Waals surface area (Å²) in [5, 5.41) is 1.10. The van der Waals surface area contributed by atoms with Gasteiger partial charge in [-0.1, -0.05) is 6.58 Å². The van der Waals surface area contributed by atoms with E-state index in [1.54, 1.807) is 11.9 Å². The van der Waals surface area contributed by atoms with Crippen molar-refractivity contribution in [3.05, 3.63) is 12.3 Å². The smallest absolute Gasteiger partial charge is 0.0851 e. The summed E-state index contributed by atoms with van der Waals surface area (Å²) in [5.74, 6) is 0. The van der Waals surface area contributed by atoms with Gasteiger partial charge in [-0.2, -0.15) is 0 Å². The van der Waals surface area contributed by atoms with Crippen molar-refractivity contribution in [1.82, 2.24) is 4.31 Å². The maximum Gasteiger partial charge on any atom is 0.0851 e. The predicted molar refractivity (Wildman–Crippen MR) is 51.7 cm³/mol. The van der Waals surface area contributed by atoms with Crippen LogP contribution in [0, 0.1) is 0 Å². The Bertz CT molecular complexity index is 187. The Labute approximate surface area is 72.5 Å². The maximum absolute atomic E-state index is 4.08. The fraction of sp³-hybridized carbons (Fsp3) is 0.625. The summed E-state index contributed by atoms with van der Waals surface area (Å²) in [6.07, 6.45) is 2.38. The summed E-state index contributed by atoms with van der Waals surface area (Å²) in [6, 6.07) is 0. The third-order valence-electron chi connectivity index (χ3n) is 1.74. The molecule has 62 valence electrons. The average molecular weight is 170 g/mol. The molecule has 1 heterocycles. The molecule has 0 unspecified atom stereocenters. The van der Waals surface area contributed by atoms with E-state index in [4.69, 9.17) is 0 Å². The quantitative estimate of drug-likeness (QED) is 0.341. The van der Waals surface area contributed by atoms with Crippen molar-refractivity contribution in [2.24, 2.45) is 4.99 Å². The van der Waals surface area contributed by atoms with Gasteiger partial charge >= 0.3 is 0 Å². The molecular weight excluding hydrogens is 156 g/mol.